The van der Waals surface area contributed by atoms with Crippen molar-refractivity contribution in [3.8, 4) is 0 Å². The maximum Gasteiger partial charge on any atom is 0.229 e. The number of benzene rings is 2. The molecule has 4 nitrogen and oxygen atoms in total. The highest BCUT2D eigenvalue weighted by Crippen LogP contribution is 2.26. The third-order valence-electron chi connectivity index (χ3n) is 3.92. The zero-order valence-electron chi connectivity index (χ0n) is 13.9. The molecule has 3 rings (SSSR count). The lowest BCUT2D eigenvalue weighted by Crippen LogP contribution is -2.23. The molecule has 1 N–H and O–H groups in total. The lowest BCUT2D eigenvalue weighted by molar-refractivity contribution is 0.850. The second kappa shape index (κ2) is 6.65. The Morgan fingerprint density at radius 2 is 1.74 bits per heavy atom. The van der Waals surface area contributed by atoms with Crippen molar-refractivity contribution in [2.45, 2.75) is 20.8 Å². The first kappa shape index (κ1) is 15.3. The van der Waals surface area contributed by atoms with Gasteiger partial charge in [-0.25, -0.2) is 4.98 Å². The normalized spacial score (nSPS) is 10.7. The zero-order chi connectivity index (χ0) is 16.2. The van der Waals surface area contributed by atoms with Crippen LogP contribution in [0.25, 0.3) is 10.9 Å². The van der Waals surface area contributed by atoms with Crippen molar-refractivity contribution in [1.29, 1.82) is 0 Å². The van der Waals surface area contributed by atoms with Gasteiger partial charge in [-0.05, 0) is 50.6 Å². The number of hydrogen-bond donors (Lipinski definition) is 1. The van der Waals surface area contributed by atoms with Crippen LogP contribution in [0.1, 0.15) is 19.4 Å². The van der Waals surface area contributed by atoms with Gasteiger partial charge in [-0.2, -0.15) is 4.98 Å². The molecule has 0 saturated carbocycles. The molecular weight excluding hydrogens is 284 g/mol. The van der Waals surface area contributed by atoms with Gasteiger partial charge in [0.05, 0.1) is 5.52 Å². The van der Waals surface area contributed by atoms with Crippen molar-refractivity contribution in [3.05, 3.63) is 54.1 Å². The molecule has 0 atom stereocenters. The smallest absolute Gasteiger partial charge is 0.229 e. The molecule has 0 saturated heterocycles. The molecule has 0 aliphatic heterocycles. The van der Waals surface area contributed by atoms with Crippen LogP contribution >= 0.6 is 0 Å². The number of nitrogens with zero attached hydrogens (tertiary/aromatic N) is 3. The first-order valence-corrected chi connectivity index (χ1v) is 8.06. The van der Waals surface area contributed by atoms with Crippen LogP contribution in [0.2, 0.25) is 0 Å². The molecule has 0 bridgehead atoms. The summed E-state index contributed by atoms with van der Waals surface area (Å²) >= 11 is 0. The van der Waals surface area contributed by atoms with Crippen LogP contribution in [0.5, 0.6) is 0 Å². The Morgan fingerprint density at radius 3 is 2.48 bits per heavy atom. The van der Waals surface area contributed by atoms with E-state index in [1.807, 2.05) is 30.3 Å². The van der Waals surface area contributed by atoms with Gasteiger partial charge in [0, 0.05) is 24.2 Å². The van der Waals surface area contributed by atoms with Gasteiger partial charge >= 0.3 is 0 Å². The van der Waals surface area contributed by atoms with E-state index in [9.17, 15) is 0 Å². The molecule has 118 valence electrons. The summed E-state index contributed by atoms with van der Waals surface area (Å²) in [5.41, 5.74) is 3.17. The number of para-hydroxylation sites is 1. The van der Waals surface area contributed by atoms with Gasteiger partial charge in [0.15, 0.2) is 0 Å². The molecular formula is C19H22N4. The first-order chi connectivity index (χ1) is 11.2. The predicted molar refractivity (Wildman–Crippen MR) is 97.6 cm³/mol. The summed E-state index contributed by atoms with van der Waals surface area (Å²) in [4.78, 5) is 11.7. The number of nitrogens with one attached hydrogen (secondary N) is 1. The third kappa shape index (κ3) is 3.26. The molecule has 0 aliphatic rings. The van der Waals surface area contributed by atoms with E-state index < -0.39 is 0 Å². The molecule has 0 amide bonds. The highest BCUT2D eigenvalue weighted by molar-refractivity contribution is 5.90. The quantitative estimate of drug-likeness (QED) is 0.752. The van der Waals surface area contributed by atoms with E-state index in [-0.39, 0.29) is 0 Å². The van der Waals surface area contributed by atoms with Crippen LogP contribution in [-0.4, -0.2) is 23.1 Å². The lowest BCUT2D eigenvalue weighted by atomic mass is 10.2. The van der Waals surface area contributed by atoms with E-state index in [1.165, 1.54) is 5.56 Å². The van der Waals surface area contributed by atoms with Gasteiger partial charge in [-0.15, -0.1) is 0 Å². The fraction of sp³-hybridized carbons (Fsp3) is 0.263. The molecule has 1 heterocycles. The largest absolute Gasteiger partial charge is 0.356 e. The molecule has 0 unspecified atom stereocenters. The molecule has 23 heavy (non-hydrogen) atoms. The SMILES string of the molecule is CCN(CC)c1nc(Nc2cccc(C)c2)nc2ccccc12. The topological polar surface area (TPSA) is 41.1 Å². The van der Waals surface area contributed by atoms with Crippen LogP contribution in [0.3, 0.4) is 0 Å². The molecule has 3 aromatic rings. The van der Waals surface area contributed by atoms with E-state index in [4.69, 9.17) is 4.98 Å². The standard InChI is InChI=1S/C19H22N4/c1-4-23(5-2)18-16-11-6-7-12-17(16)21-19(22-18)20-15-10-8-9-14(3)13-15/h6-13H,4-5H2,1-3H3,(H,20,21,22). The van der Waals surface area contributed by atoms with Crippen molar-refractivity contribution in [2.24, 2.45) is 0 Å². The minimum Gasteiger partial charge on any atom is -0.356 e. The summed E-state index contributed by atoms with van der Waals surface area (Å²) < 4.78 is 0. The summed E-state index contributed by atoms with van der Waals surface area (Å²) in [6.45, 7) is 8.21. The van der Waals surface area contributed by atoms with Crippen LogP contribution in [-0.2, 0) is 0 Å². The number of rotatable bonds is 5. The second-order valence-corrected chi connectivity index (χ2v) is 5.55. The first-order valence-electron chi connectivity index (χ1n) is 8.06. The minimum absolute atomic E-state index is 0.635. The van der Waals surface area contributed by atoms with Crippen LogP contribution in [0.4, 0.5) is 17.5 Å². The highest BCUT2D eigenvalue weighted by Gasteiger charge is 2.12. The van der Waals surface area contributed by atoms with E-state index in [1.54, 1.807) is 0 Å². The van der Waals surface area contributed by atoms with Crippen molar-refractivity contribution < 1.29 is 0 Å². The summed E-state index contributed by atoms with van der Waals surface area (Å²) in [5, 5.41) is 4.42. The van der Waals surface area contributed by atoms with Crippen LogP contribution < -0.4 is 10.2 Å². The van der Waals surface area contributed by atoms with Gasteiger partial charge in [0.25, 0.3) is 0 Å². The van der Waals surface area contributed by atoms with Crippen molar-refractivity contribution in [2.75, 3.05) is 23.3 Å². The predicted octanol–water partition coefficient (Wildman–Crippen LogP) is 4.53. The van der Waals surface area contributed by atoms with Gasteiger partial charge < -0.3 is 10.2 Å². The molecule has 4 heteroatoms. The number of aromatic nitrogens is 2. The average molecular weight is 306 g/mol. The minimum atomic E-state index is 0.635. The van der Waals surface area contributed by atoms with Crippen LogP contribution in [0, 0.1) is 6.92 Å². The Balaban J connectivity index is 2.07. The van der Waals surface area contributed by atoms with Crippen molar-refractivity contribution in [3.63, 3.8) is 0 Å². The van der Waals surface area contributed by atoms with Crippen molar-refractivity contribution >= 4 is 28.4 Å². The van der Waals surface area contributed by atoms with Crippen molar-refractivity contribution in [1.82, 2.24) is 9.97 Å². The molecule has 0 aliphatic carbocycles. The van der Waals surface area contributed by atoms with Gasteiger partial charge in [0.2, 0.25) is 5.95 Å². The maximum absolute atomic E-state index is 4.77. The third-order valence-corrected chi connectivity index (χ3v) is 3.92. The fourth-order valence-electron chi connectivity index (χ4n) is 2.73. The Hall–Kier alpha value is -2.62. The molecule has 1 aromatic heterocycles. The van der Waals surface area contributed by atoms with Gasteiger partial charge in [0.1, 0.15) is 5.82 Å². The van der Waals surface area contributed by atoms with E-state index in [0.717, 1.165) is 35.5 Å². The summed E-state index contributed by atoms with van der Waals surface area (Å²) in [5.74, 6) is 1.62. The van der Waals surface area contributed by atoms with Gasteiger partial charge in [-0.1, -0.05) is 24.3 Å². The summed E-state index contributed by atoms with van der Waals surface area (Å²) in [7, 11) is 0. The number of aryl methyl sites for hydroxylation is 1. The average Bonchev–Trinajstić information content (AvgIpc) is 2.56. The summed E-state index contributed by atoms with van der Waals surface area (Å²) in [6.07, 6.45) is 0. The fourth-order valence-corrected chi connectivity index (χ4v) is 2.73. The zero-order valence-corrected chi connectivity index (χ0v) is 13.9. The van der Waals surface area contributed by atoms with Crippen LogP contribution in [0.15, 0.2) is 48.5 Å². The highest BCUT2D eigenvalue weighted by atomic mass is 15.2. The molecule has 2 aromatic carbocycles. The molecule has 0 spiro atoms. The second-order valence-electron chi connectivity index (χ2n) is 5.55. The lowest BCUT2D eigenvalue weighted by Gasteiger charge is -2.22. The van der Waals surface area contributed by atoms with E-state index in [0.29, 0.717) is 5.95 Å². The number of anilines is 3. The Kier molecular flexibility index (Phi) is 4.42. The number of fused-ring (bicyclic) bond motifs is 1. The summed E-state index contributed by atoms with van der Waals surface area (Å²) in [6, 6.07) is 16.4. The maximum atomic E-state index is 4.77. The Morgan fingerprint density at radius 1 is 0.957 bits per heavy atom. The number of hydrogen-bond acceptors (Lipinski definition) is 4. The van der Waals surface area contributed by atoms with Gasteiger partial charge in [-0.3, -0.25) is 0 Å². The van der Waals surface area contributed by atoms with E-state index in [2.05, 4.69) is 54.2 Å². The van der Waals surface area contributed by atoms with E-state index >= 15 is 0 Å². The molecule has 0 fully saturated rings. The Labute approximate surface area is 137 Å². The molecule has 0 radical (unpaired) electrons. The monoisotopic (exact) mass is 306 g/mol. The Bertz CT molecular complexity index is 809.